The third kappa shape index (κ3) is 4.68. The number of rotatable bonds is 4. The van der Waals surface area contributed by atoms with E-state index in [2.05, 4.69) is 15.3 Å². The van der Waals surface area contributed by atoms with Crippen LogP contribution in [0, 0.1) is 0 Å². The van der Waals surface area contributed by atoms with Crippen molar-refractivity contribution >= 4 is 61.4 Å². The first-order valence-corrected chi connectivity index (χ1v) is 12.9. The van der Waals surface area contributed by atoms with Crippen molar-refractivity contribution < 1.29 is 17.9 Å². The van der Waals surface area contributed by atoms with Crippen molar-refractivity contribution in [1.29, 1.82) is 0 Å². The van der Waals surface area contributed by atoms with Gasteiger partial charge in [0, 0.05) is 29.0 Å². The fourth-order valence-electron chi connectivity index (χ4n) is 3.85. The van der Waals surface area contributed by atoms with Gasteiger partial charge in [0.1, 0.15) is 0 Å². The fraction of sp³-hybridized carbons (Fsp3) is 0.125. The summed E-state index contributed by atoms with van der Waals surface area (Å²) in [5.74, 6) is -0.847. The molecule has 0 aliphatic carbocycles. The van der Waals surface area contributed by atoms with Gasteiger partial charge < -0.3 is 10.1 Å². The Balaban J connectivity index is 1.43. The lowest BCUT2D eigenvalue weighted by molar-refractivity contribution is 0.102. The van der Waals surface area contributed by atoms with Crippen molar-refractivity contribution in [2.75, 3.05) is 28.7 Å². The van der Waals surface area contributed by atoms with Crippen LogP contribution in [0.3, 0.4) is 0 Å². The van der Waals surface area contributed by atoms with Gasteiger partial charge in [-0.25, -0.2) is 8.42 Å². The Labute approximate surface area is 211 Å². The van der Waals surface area contributed by atoms with E-state index < -0.39 is 21.9 Å². The van der Waals surface area contributed by atoms with Crippen LogP contribution in [-0.2, 0) is 14.8 Å². The Hall–Kier alpha value is -3.24. The molecule has 1 N–H and O–H groups in total. The first kappa shape index (κ1) is 23.5. The Morgan fingerprint density at radius 3 is 2.66 bits per heavy atom. The summed E-state index contributed by atoms with van der Waals surface area (Å²) in [6.45, 7) is 0.453. The topological polar surface area (TPSA) is 101 Å². The molecule has 11 heteroatoms. The van der Waals surface area contributed by atoms with Gasteiger partial charge in [0.25, 0.3) is 15.9 Å². The van der Waals surface area contributed by atoms with Crippen LogP contribution in [0.2, 0.25) is 10.0 Å². The summed E-state index contributed by atoms with van der Waals surface area (Å²) in [5.41, 5.74) is 3.13. The maximum Gasteiger partial charge on any atom is 0.259 e. The van der Waals surface area contributed by atoms with E-state index in [1.165, 1.54) is 16.4 Å². The van der Waals surface area contributed by atoms with Gasteiger partial charge in [-0.1, -0.05) is 23.2 Å². The Morgan fingerprint density at radius 2 is 1.86 bits per heavy atom. The SMILES string of the molecule is O=C(Nc1ccc(Cl)c(-c2nccc3ncccc23)c1)c1ccc(N2CCOCS2(=O)=O)cc1Cl. The molecule has 0 spiro atoms. The lowest BCUT2D eigenvalue weighted by Crippen LogP contribution is -2.41. The molecular formula is C24H18Cl2N4O4S. The molecule has 8 nitrogen and oxygen atoms in total. The van der Waals surface area contributed by atoms with Crippen molar-refractivity contribution in [3.63, 3.8) is 0 Å². The number of aromatic nitrogens is 2. The molecule has 178 valence electrons. The molecule has 4 aromatic rings. The molecule has 2 aromatic heterocycles. The lowest BCUT2D eigenvalue weighted by atomic mass is 10.1. The van der Waals surface area contributed by atoms with Gasteiger partial charge in [-0.05, 0) is 54.6 Å². The first-order chi connectivity index (χ1) is 16.8. The van der Waals surface area contributed by atoms with Gasteiger partial charge in [-0.15, -0.1) is 0 Å². The predicted molar refractivity (Wildman–Crippen MR) is 136 cm³/mol. The number of benzene rings is 2. The second kappa shape index (κ2) is 9.43. The van der Waals surface area contributed by atoms with Crippen LogP contribution >= 0.6 is 23.2 Å². The summed E-state index contributed by atoms with van der Waals surface area (Å²) in [4.78, 5) is 21.8. The largest absolute Gasteiger partial charge is 0.362 e. The van der Waals surface area contributed by atoms with E-state index in [9.17, 15) is 13.2 Å². The highest BCUT2D eigenvalue weighted by Crippen LogP contribution is 2.34. The number of carbonyl (C=O) groups excluding carboxylic acids is 1. The van der Waals surface area contributed by atoms with Crippen LogP contribution in [0.15, 0.2) is 67.0 Å². The predicted octanol–water partition coefficient (Wildman–Crippen LogP) is 4.98. The van der Waals surface area contributed by atoms with E-state index in [4.69, 9.17) is 27.9 Å². The zero-order valence-corrected chi connectivity index (χ0v) is 20.4. The number of carbonyl (C=O) groups is 1. The van der Waals surface area contributed by atoms with Gasteiger partial charge in [0.15, 0.2) is 5.94 Å². The molecule has 1 amide bonds. The van der Waals surface area contributed by atoms with Crippen LogP contribution in [-0.4, -0.2) is 43.4 Å². The average Bonchev–Trinajstić information content (AvgIpc) is 2.84. The third-order valence-electron chi connectivity index (χ3n) is 5.50. The smallest absolute Gasteiger partial charge is 0.259 e. The van der Waals surface area contributed by atoms with E-state index >= 15 is 0 Å². The number of anilines is 2. The number of pyridine rings is 2. The van der Waals surface area contributed by atoms with Crippen molar-refractivity contribution in [1.82, 2.24) is 9.97 Å². The number of nitrogens with one attached hydrogen (secondary N) is 1. The molecule has 3 heterocycles. The highest BCUT2D eigenvalue weighted by Gasteiger charge is 2.27. The average molecular weight is 529 g/mol. The van der Waals surface area contributed by atoms with E-state index in [0.717, 1.165) is 10.9 Å². The zero-order chi connectivity index (χ0) is 24.6. The highest BCUT2D eigenvalue weighted by atomic mass is 35.5. The highest BCUT2D eigenvalue weighted by molar-refractivity contribution is 7.92. The fourth-order valence-corrected chi connectivity index (χ4v) is 5.56. The summed E-state index contributed by atoms with van der Waals surface area (Å²) in [5, 5.41) is 4.25. The van der Waals surface area contributed by atoms with Crippen LogP contribution in [0.25, 0.3) is 22.2 Å². The molecule has 0 bridgehead atoms. The Kier molecular flexibility index (Phi) is 6.33. The molecule has 2 aromatic carbocycles. The van der Waals surface area contributed by atoms with E-state index in [1.807, 2.05) is 18.2 Å². The van der Waals surface area contributed by atoms with Gasteiger partial charge >= 0.3 is 0 Å². The minimum atomic E-state index is -3.60. The van der Waals surface area contributed by atoms with Crippen molar-refractivity contribution in [2.24, 2.45) is 0 Å². The maximum absolute atomic E-state index is 13.0. The molecule has 0 saturated carbocycles. The summed E-state index contributed by atoms with van der Waals surface area (Å²) in [6, 6.07) is 15.1. The van der Waals surface area contributed by atoms with Crippen LogP contribution in [0.1, 0.15) is 10.4 Å². The Bertz CT molecular complexity index is 1560. The Morgan fingerprint density at radius 1 is 1.00 bits per heavy atom. The third-order valence-corrected chi connectivity index (χ3v) is 7.67. The number of fused-ring (bicyclic) bond motifs is 1. The lowest BCUT2D eigenvalue weighted by Gasteiger charge is -2.28. The van der Waals surface area contributed by atoms with Gasteiger partial charge in [0.05, 0.1) is 45.7 Å². The van der Waals surface area contributed by atoms with Crippen LogP contribution in [0.4, 0.5) is 11.4 Å². The number of nitrogens with zero attached hydrogens (tertiary/aromatic N) is 3. The van der Waals surface area contributed by atoms with Crippen LogP contribution < -0.4 is 9.62 Å². The number of hydrogen-bond acceptors (Lipinski definition) is 6. The number of ether oxygens (including phenoxy) is 1. The summed E-state index contributed by atoms with van der Waals surface area (Å²) >= 11 is 12.8. The number of hydrogen-bond donors (Lipinski definition) is 1. The molecular weight excluding hydrogens is 511 g/mol. The van der Waals surface area contributed by atoms with Gasteiger partial charge in [0.2, 0.25) is 0 Å². The molecule has 35 heavy (non-hydrogen) atoms. The second-order valence-electron chi connectivity index (χ2n) is 7.75. The molecule has 1 saturated heterocycles. The molecule has 0 radical (unpaired) electrons. The maximum atomic E-state index is 13.0. The molecule has 0 unspecified atom stereocenters. The van der Waals surface area contributed by atoms with Gasteiger partial charge in [-0.3, -0.25) is 19.1 Å². The standard InChI is InChI=1S/C24H18Cl2N4O4S/c25-20-6-3-15(12-19(20)23-18-2-1-8-27-22(18)7-9-28-23)29-24(31)17-5-4-16(13-21(17)26)30-10-11-34-14-35(30,32)33/h1-9,12-13H,10-11,14H2,(H,29,31). The number of halogens is 2. The van der Waals surface area contributed by atoms with Crippen molar-refractivity contribution in [3.8, 4) is 11.3 Å². The summed E-state index contributed by atoms with van der Waals surface area (Å²) < 4.78 is 30.8. The van der Waals surface area contributed by atoms with Crippen molar-refractivity contribution in [3.05, 3.63) is 82.6 Å². The minimum absolute atomic E-state index is 0.123. The number of sulfonamides is 1. The van der Waals surface area contributed by atoms with Crippen LogP contribution in [0.5, 0.6) is 0 Å². The molecule has 0 atom stereocenters. The van der Waals surface area contributed by atoms with E-state index in [0.29, 0.717) is 27.7 Å². The summed E-state index contributed by atoms with van der Waals surface area (Å²) in [6.07, 6.45) is 3.36. The van der Waals surface area contributed by atoms with Gasteiger partial charge in [-0.2, -0.15) is 0 Å². The number of amides is 1. The molecule has 1 fully saturated rings. The molecule has 5 rings (SSSR count). The second-order valence-corrected chi connectivity index (χ2v) is 10.4. The molecule has 1 aliphatic rings. The normalized spacial score (nSPS) is 15.2. The first-order valence-electron chi connectivity index (χ1n) is 10.5. The monoisotopic (exact) mass is 528 g/mol. The van der Waals surface area contributed by atoms with E-state index in [1.54, 1.807) is 36.7 Å². The minimum Gasteiger partial charge on any atom is -0.362 e. The van der Waals surface area contributed by atoms with Crippen molar-refractivity contribution in [2.45, 2.75) is 0 Å². The van der Waals surface area contributed by atoms with E-state index in [-0.39, 0.29) is 23.7 Å². The zero-order valence-electron chi connectivity index (χ0n) is 18.1. The summed E-state index contributed by atoms with van der Waals surface area (Å²) in [7, 11) is -3.60. The quantitative estimate of drug-likeness (QED) is 0.400. The molecule has 1 aliphatic heterocycles.